The Hall–Kier alpha value is -1.53. The third-order valence-corrected chi connectivity index (χ3v) is 3.58. The summed E-state index contributed by atoms with van der Waals surface area (Å²) in [5.41, 5.74) is 6.19. The topological polar surface area (TPSA) is 89.6 Å². The van der Waals surface area contributed by atoms with Gasteiger partial charge in [0.25, 0.3) is 0 Å². The third kappa shape index (κ3) is 5.32. The highest BCUT2D eigenvalue weighted by Crippen LogP contribution is 2.24. The second-order valence-corrected chi connectivity index (χ2v) is 5.12. The lowest BCUT2D eigenvalue weighted by Gasteiger charge is -2.10. The van der Waals surface area contributed by atoms with Crippen molar-refractivity contribution in [2.45, 2.75) is 23.8 Å². The Kier molecular flexibility index (Phi) is 6.38. The maximum atomic E-state index is 11.5. The summed E-state index contributed by atoms with van der Waals surface area (Å²) in [7, 11) is 1.34. The quantitative estimate of drug-likeness (QED) is 0.585. The van der Waals surface area contributed by atoms with E-state index in [9.17, 15) is 9.59 Å². The van der Waals surface area contributed by atoms with Crippen molar-refractivity contribution >= 4 is 23.7 Å². The average molecular weight is 283 g/mol. The lowest BCUT2D eigenvalue weighted by Crippen LogP contribution is -2.24. The van der Waals surface area contributed by atoms with Crippen molar-refractivity contribution in [1.29, 1.82) is 0 Å². The van der Waals surface area contributed by atoms with E-state index in [2.05, 4.69) is 0 Å². The number of rotatable bonds is 7. The highest BCUT2D eigenvalue weighted by Gasteiger charge is 2.12. The molecule has 0 aromatic heterocycles. The van der Waals surface area contributed by atoms with E-state index in [1.165, 1.54) is 18.9 Å². The maximum absolute atomic E-state index is 11.5. The maximum Gasteiger partial charge on any atom is 0.338 e. The molecule has 0 spiro atoms. The van der Waals surface area contributed by atoms with E-state index in [1.54, 1.807) is 12.1 Å². The molecule has 5 nitrogen and oxygen atoms in total. The molecular weight excluding hydrogens is 266 g/mol. The van der Waals surface area contributed by atoms with Crippen LogP contribution >= 0.6 is 11.8 Å². The molecule has 0 aliphatic heterocycles. The van der Waals surface area contributed by atoms with Gasteiger partial charge in [0, 0.05) is 10.9 Å². The molecule has 0 saturated heterocycles. The molecule has 1 aromatic carbocycles. The number of hydrogen-bond acceptors (Lipinski definition) is 5. The fourth-order valence-corrected chi connectivity index (χ4v) is 2.64. The fourth-order valence-electron chi connectivity index (χ4n) is 1.52. The number of aliphatic carboxylic acids is 1. The summed E-state index contributed by atoms with van der Waals surface area (Å²) in [4.78, 5) is 22.8. The van der Waals surface area contributed by atoms with E-state index in [0.29, 0.717) is 17.7 Å². The summed E-state index contributed by atoms with van der Waals surface area (Å²) >= 11 is 1.47. The van der Waals surface area contributed by atoms with Crippen molar-refractivity contribution in [2.75, 3.05) is 12.9 Å². The third-order valence-electron chi connectivity index (χ3n) is 2.48. The minimum atomic E-state index is -0.896. The van der Waals surface area contributed by atoms with E-state index in [0.717, 1.165) is 4.90 Å². The first-order chi connectivity index (χ1) is 9.04. The standard InChI is InChI=1S/C13H17NO4S/c1-18-13(17)10-4-2-3-5-11(10)19-7-6-9(14)8-12(15)16/h2-5,9H,6-8,14H2,1H3,(H,15,16). The molecule has 0 fully saturated rings. The normalized spacial score (nSPS) is 11.9. The molecule has 0 radical (unpaired) electrons. The van der Waals surface area contributed by atoms with Crippen LogP contribution < -0.4 is 5.73 Å². The summed E-state index contributed by atoms with van der Waals surface area (Å²) in [6.45, 7) is 0. The average Bonchev–Trinajstić information content (AvgIpc) is 2.37. The molecule has 1 rings (SSSR count). The molecule has 0 heterocycles. The Morgan fingerprint density at radius 1 is 1.42 bits per heavy atom. The van der Waals surface area contributed by atoms with Gasteiger partial charge in [0.2, 0.25) is 0 Å². The van der Waals surface area contributed by atoms with Crippen LogP contribution in [0.3, 0.4) is 0 Å². The number of carboxylic acid groups (broad SMARTS) is 1. The van der Waals surface area contributed by atoms with Gasteiger partial charge in [0.05, 0.1) is 19.1 Å². The highest BCUT2D eigenvalue weighted by molar-refractivity contribution is 7.99. The van der Waals surface area contributed by atoms with Gasteiger partial charge in [-0.2, -0.15) is 0 Å². The van der Waals surface area contributed by atoms with Gasteiger partial charge in [0.1, 0.15) is 0 Å². The molecule has 1 unspecified atom stereocenters. The van der Waals surface area contributed by atoms with Gasteiger partial charge in [-0.1, -0.05) is 12.1 Å². The van der Waals surface area contributed by atoms with Crippen LogP contribution in [0, 0.1) is 0 Å². The molecule has 104 valence electrons. The lowest BCUT2D eigenvalue weighted by molar-refractivity contribution is -0.137. The number of nitrogens with two attached hydrogens (primary N) is 1. The second-order valence-electron chi connectivity index (χ2n) is 3.98. The smallest absolute Gasteiger partial charge is 0.338 e. The van der Waals surface area contributed by atoms with E-state index >= 15 is 0 Å². The summed E-state index contributed by atoms with van der Waals surface area (Å²) < 4.78 is 4.70. The van der Waals surface area contributed by atoms with Crippen molar-refractivity contribution in [3.8, 4) is 0 Å². The number of thioether (sulfide) groups is 1. The van der Waals surface area contributed by atoms with Gasteiger partial charge in [-0.15, -0.1) is 11.8 Å². The molecule has 3 N–H and O–H groups in total. The monoisotopic (exact) mass is 283 g/mol. The number of benzene rings is 1. The zero-order valence-corrected chi connectivity index (χ0v) is 11.5. The van der Waals surface area contributed by atoms with Gasteiger partial charge in [-0.25, -0.2) is 4.79 Å². The Balaban J connectivity index is 2.54. The first-order valence-corrected chi connectivity index (χ1v) is 6.80. The van der Waals surface area contributed by atoms with Crippen molar-refractivity contribution in [3.05, 3.63) is 29.8 Å². The molecule has 1 aromatic rings. The zero-order chi connectivity index (χ0) is 14.3. The van der Waals surface area contributed by atoms with Gasteiger partial charge in [0.15, 0.2) is 0 Å². The molecule has 0 aliphatic carbocycles. The van der Waals surface area contributed by atoms with Crippen molar-refractivity contribution in [2.24, 2.45) is 5.73 Å². The zero-order valence-electron chi connectivity index (χ0n) is 10.7. The minimum Gasteiger partial charge on any atom is -0.481 e. The Bertz CT molecular complexity index is 450. The molecule has 0 aliphatic rings. The van der Waals surface area contributed by atoms with E-state index in [1.807, 2.05) is 12.1 Å². The van der Waals surface area contributed by atoms with Crippen LogP contribution in [0.15, 0.2) is 29.2 Å². The molecular formula is C13H17NO4S. The first-order valence-electron chi connectivity index (χ1n) is 5.82. The lowest BCUT2D eigenvalue weighted by atomic mass is 10.2. The van der Waals surface area contributed by atoms with E-state index in [4.69, 9.17) is 15.6 Å². The number of esters is 1. The Labute approximate surface area is 116 Å². The molecule has 19 heavy (non-hydrogen) atoms. The predicted octanol–water partition coefficient (Wildman–Crippen LogP) is 1.76. The fraction of sp³-hybridized carbons (Fsp3) is 0.385. The summed E-state index contributed by atoms with van der Waals surface area (Å²) in [5, 5.41) is 8.60. The summed E-state index contributed by atoms with van der Waals surface area (Å²) in [6.07, 6.45) is 0.533. The van der Waals surface area contributed by atoms with Crippen molar-refractivity contribution < 1.29 is 19.4 Å². The van der Waals surface area contributed by atoms with Gasteiger partial charge < -0.3 is 15.6 Å². The summed E-state index contributed by atoms with van der Waals surface area (Å²) in [5.74, 6) is -0.618. The van der Waals surface area contributed by atoms with Gasteiger partial charge in [-0.3, -0.25) is 4.79 Å². The number of carbonyl (C=O) groups excluding carboxylic acids is 1. The molecule has 1 atom stereocenters. The van der Waals surface area contributed by atoms with E-state index < -0.39 is 5.97 Å². The van der Waals surface area contributed by atoms with Crippen LogP contribution in [0.5, 0.6) is 0 Å². The SMILES string of the molecule is COC(=O)c1ccccc1SCCC(N)CC(=O)O. The Morgan fingerprint density at radius 2 is 2.11 bits per heavy atom. The van der Waals surface area contributed by atoms with Crippen LogP contribution in [0.25, 0.3) is 0 Å². The summed E-state index contributed by atoms with van der Waals surface area (Å²) in [6, 6.07) is 6.78. The van der Waals surface area contributed by atoms with Crippen LogP contribution in [-0.2, 0) is 9.53 Å². The van der Waals surface area contributed by atoms with Crippen molar-refractivity contribution in [1.82, 2.24) is 0 Å². The first kappa shape index (κ1) is 15.5. The van der Waals surface area contributed by atoms with E-state index in [-0.39, 0.29) is 18.4 Å². The van der Waals surface area contributed by atoms with Crippen LogP contribution in [-0.4, -0.2) is 35.9 Å². The largest absolute Gasteiger partial charge is 0.481 e. The molecule has 6 heteroatoms. The number of carboxylic acids is 1. The number of ether oxygens (including phenoxy) is 1. The number of methoxy groups -OCH3 is 1. The molecule has 0 saturated carbocycles. The van der Waals surface area contributed by atoms with Gasteiger partial charge in [-0.05, 0) is 24.3 Å². The number of carbonyl (C=O) groups is 2. The van der Waals surface area contributed by atoms with Crippen LogP contribution in [0.1, 0.15) is 23.2 Å². The number of hydrogen-bond donors (Lipinski definition) is 2. The van der Waals surface area contributed by atoms with Crippen molar-refractivity contribution in [3.63, 3.8) is 0 Å². The predicted molar refractivity (Wildman–Crippen MR) is 73.4 cm³/mol. The minimum absolute atomic E-state index is 0.0425. The molecule has 0 amide bonds. The Morgan fingerprint density at radius 3 is 2.74 bits per heavy atom. The highest BCUT2D eigenvalue weighted by atomic mass is 32.2. The molecule has 0 bridgehead atoms. The van der Waals surface area contributed by atoms with Gasteiger partial charge >= 0.3 is 11.9 Å². The second kappa shape index (κ2) is 7.81. The van der Waals surface area contributed by atoms with Crippen LogP contribution in [0.4, 0.5) is 0 Å². The van der Waals surface area contributed by atoms with Crippen LogP contribution in [0.2, 0.25) is 0 Å².